The number of hydrogen-bond donors (Lipinski definition) is 0. The molecule has 1 atom stereocenters. The lowest BCUT2D eigenvalue weighted by atomic mass is 9.94. The molecule has 2 aliphatic rings. The van der Waals surface area contributed by atoms with Gasteiger partial charge in [-0.05, 0) is 45.7 Å². The van der Waals surface area contributed by atoms with Gasteiger partial charge in [0.05, 0.1) is 12.0 Å². The number of likely N-dealkylation sites (tertiary alicyclic amines) is 1. The molecule has 1 aliphatic heterocycles. The van der Waals surface area contributed by atoms with Crippen molar-refractivity contribution in [3.05, 3.63) is 17.7 Å². The first-order valence-electron chi connectivity index (χ1n) is 7.65. The first-order valence-corrected chi connectivity index (χ1v) is 7.65. The fourth-order valence-corrected chi connectivity index (χ4v) is 3.58. The molecule has 0 bridgehead atoms. The van der Waals surface area contributed by atoms with Gasteiger partial charge in [-0.2, -0.15) is 0 Å². The van der Waals surface area contributed by atoms with Crippen LogP contribution >= 0.6 is 0 Å². The molecule has 1 aromatic rings. The van der Waals surface area contributed by atoms with Crippen molar-refractivity contribution >= 4 is 0 Å². The molecule has 0 saturated carbocycles. The van der Waals surface area contributed by atoms with Crippen LogP contribution < -0.4 is 0 Å². The molecule has 1 saturated heterocycles. The summed E-state index contributed by atoms with van der Waals surface area (Å²) in [5, 5.41) is 0. The topological polar surface area (TPSA) is 21.1 Å². The van der Waals surface area contributed by atoms with Crippen LogP contribution in [-0.2, 0) is 19.4 Å². The predicted molar refractivity (Wildman–Crippen MR) is 73.8 cm³/mol. The summed E-state index contributed by atoms with van der Waals surface area (Å²) >= 11 is 0. The first-order chi connectivity index (χ1) is 8.88. The van der Waals surface area contributed by atoms with Crippen molar-refractivity contribution in [3.8, 4) is 0 Å². The summed E-state index contributed by atoms with van der Waals surface area (Å²) in [6.07, 6.45) is 11.4. The standard InChI is InChI=1S/C15H25N3/c1-2-17-12-16-14-11-13(7-8-15(14)17)18-9-5-3-4-6-10-18/h12-13H,2-11H2,1H3. The molecule has 100 valence electrons. The highest BCUT2D eigenvalue weighted by molar-refractivity contribution is 5.18. The van der Waals surface area contributed by atoms with Gasteiger partial charge >= 0.3 is 0 Å². The van der Waals surface area contributed by atoms with Crippen molar-refractivity contribution < 1.29 is 0 Å². The van der Waals surface area contributed by atoms with Gasteiger partial charge in [0.2, 0.25) is 0 Å². The van der Waals surface area contributed by atoms with Crippen molar-refractivity contribution in [2.24, 2.45) is 0 Å². The van der Waals surface area contributed by atoms with Gasteiger partial charge in [0.1, 0.15) is 0 Å². The molecule has 0 N–H and O–H groups in total. The molecule has 0 radical (unpaired) electrons. The number of rotatable bonds is 2. The van der Waals surface area contributed by atoms with Crippen molar-refractivity contribution in [3.63, 3.8) is 0 Å². The fraction of sp³-hybridized carbons (Fsp3) is 0.800. The summed E-state index contributed by atoms with van der Waals surface area (Å²) in [6, 6.07) is 0.760. The number of aromatic nitrogens is 2. The highest BCUT2D eigenvalue weighted by atomic mass is 15.2. The summed E-state index contributed by atoms with van der Waals surface area (Å²) in [5.41, 5.74) is 2.88. The molecule has 18 heavy (non-hydrogen) atoms. The Labute approximate surface area is 110 Å². The van der Waals surface area contributed by atoms with Crippen molar-refractivity contribution in [1.29, 1.82) is 0 Å². The zero-order chi connectivity index (χ0) is 12.4. The summed E-state index contributed by atoms with van der Waals surface area (Å²) in [4.78, 5) is 7.37. The number of nitrogens with zero attached hydrogens (tertiary/aromatic N) is 3. The van der Waals surface area contributed by atoms with E-state index < -0.39 is 0 Å². The minimum atomic E-state index is 0.760. The van der Waals surface area contributed by atoms with Crippen LogP contribution in [0.3, 0.4) is 0 Å². The fourth-order valence-electron chi connectivity index (χ4n) is 3.58. The second-order valence-corrected chi connectivity index (χ2v) is 5.77. The van der Waals surface area contributed by atoms with E-state index in [1.165, 1.54) is 69.4 Å². The number of hydrogen-bond acceptors (Lipinski definition) is 2. The molecule has 0 aromatic carbocycles. The first kappa shape index (κ1) is 12.2. The maximum atomic E-state index is 4.63. The average molecular weight is 247 g/mol. The third kappa shape index (κ3) is 2.33. The van der Waals surface area contributed by atoms with Gasteiger partial charge in [-0.1, -0.05) is 12.8 Å². The second kappa shape index (κ2) is 5.43. The predicted octanol–water partition coefficient (Wildman–Crippen LogP) is 2.64. The quantitative estimate of drug-likeness (QED) is 0.801. The minimum absolute atomic E-state index is 0.760. The van der Waals surface area contributed by atoms with Crippen LogP contribution in [0, 0.1) is 0 Å². The van der Waals surface area contributed by atoms with E-state index in [-0.39, 0.29) is 0 Å². The molecule has 1 unspecified atom stereocenters. The molecule has 2 heterocycles. The van der Waals surface area contributed by atoms with Crippen molar-refractivity contribution in [1.82, 2.24) is 14.5 Å². The Morgan fingerprint density at radius 1 is 1.22 bits per heavy atom. The van der Waals surface area contributed by atoms with E-state index in [4.69, 9.17) is 0 Å². The third-order valence-corrected chi connectivity index (χ3v) is 4.67. The average Bonchev–Trinajstić information content (AvgIpc) is 2.62. The van der Waals surface area contributed by atoms with E-state index >= 15 is 0 Å². The molecule has 1 aromatic heterocycles. The van der Waals surface area contributed by atoms with Gasteiger partial charge in [-0.25, -0.2) is 4.98 Å². The van der Waals surface area contributed by atoms with Gasteiger partial charge < -0.3 is 4.57 Å². The van der Waals surface area contributed by atoms with Crippen LogP contribution in [0.5, 0.6) is 0 Å². The molecule has 3 nitrogen and oxygen atoms in total. The monoisotopic (exact) mass is 247 g/mol. The van der Waals surface area contributed by atoms with Gasteiger partial charge in [-0.15, -0.1) is 0 Å². The van der Waals surface area contributed by atoms with E-state index in [0.717, 1.165) is 12.6 Å². The normalized spacial score (nSPS) is 25.7. The van der Waals surface area contributed by atoms with E-state index in [1.807, 2.05) is 6.33 Å². The molecule has 1 fully saturated rings. The van der Waals surface area contributed by atoms with Crippen LogP contribution in [0.1, 0.15) is 50.4 Å². The van der Waals surface area contributed by atoms with Crippen LogP contribution in [0.15, 0.2) is 6.33 Å². The van der Waals surface area contributed by atoms with Gasteiger partial charge in [0, 0.05) is 24.7 Å². The Balaban J connectivity index is 1.70. The molecule has 3 heteroatoms. The Kier molecular flexibility index (Phi) is 3.69. The number of aryl methyl sites for hydroxylation is 1. The number of imidazole rings is 1. The smallest absolute Gasteiger partial charge is 0.0951 e. The molecular formula is C15H25N3. The Morgan fingerprint density at radius 2 is 2.00 bits per heavy atom. The summed E-state index contributed by atoms with van der Waals surface area (Å²) in [5.74, 6) is 0. The van der Waals surface area contributed by atoms with E-state index in [1.54, 1.807) is 0 Å². The Morgan fingerprint density at radius 3 is 2.72 bits per heavy atom. The van der Waals surface area contributed by atoms with E-state index in [9.17, 15) is 0 Å². The molecular weight excluding hydrogens is 222 g/mol. The number of fused-ring (bicyclic) bond motifs is 1. The zero-order valence-electron chi connectivity index (χ0n) is 11.6. The van der Waals surface area contributed by atoms with Gasteiger partial charge in [-0.3, -0.25) is 4.90 Å². The Hall–Kier alpha value is -0.830. The molecule has 0 amide bonds. The minimum Gasteiger partial charge on any atom is -0.335 e. The van der Waals surface area contributed by atoms with Gasteiger partial charge in [0.25, 0.3) is 0 Å². The lowest BCUT2D eigenvalue weighted by Crippen LogP contribution is -2.40. The van der Waals surface area contributed by atoms with Crippen LogP contribution in [-0.4, -0.2) is 33.6 Å². The summed E-state index contributed by atoms with van der Waals surface area (Å²) < 4.78 is 2.33. The van der Waals surface area contributed by atoms with Crippen molar-refractivity contribution in [2.75, 3.05) is 13.1 Å². The maximum Gasteiger partial charge on any atom is 0.0951 e. The third-order valence-electron chi connectivity index (χ3n) is 4.67. The van der Waals surface area contributed by atoms with E-state index in [2.05, 4.69) is 21.4 Å². The summed E-state index contributed by atoms with van der Waals surface area (Å²) in [7, 11) is 0. The van der Waals surface area contributed by atoms with E-state index in [0.29, 0.717) is 0 Å². The largest absolute Gasteiger partial charge is 0.335 e. The Bertz CT molecular complexity index is 388. The second-order valence-electron chi connectivity index (χ2n) is 5.77. The van der Waals surface area contributed by atoms with Gasteiger partial charge in [0.15, 0.2) is 0 Å². The van der Waals surface area contributed by atoms with Crippen LogP contribution in [0.25, 0.3) is 0 Å². The SMILES string of the molecule is CCn1cnc2c1CCC(N1CCCCCC1)C2. The summed E-state index contributed by atoms with van der Waals surface area (Å²) in [6.45, 7) is 5.91. The highest BCUT2D eigenvalue weighted by Gasteiger charge is 2.27. The van der Waals surface area contributed by atoms with Crippen molar-refractivity contribution in [2.45, 2.75) is 64.5 Å². The highest BCUT2D eigenvalue weighted by Crippen LogP contribution is 2.25. The zero-order valence-corrected chi connectivity index (χ0v) is 11.6. The molecule has 0 spiro atoms. The molecule has 3 rings (SSSR count). The van der Waals surface area contributed by atoms with Crippen LogP contribution in [0.4, 0.5) is 0 Å². The maximum absolute atomic E-state index is 4.63. The molecule has 1 aliphatic carbocycles. The lowest BCUT2D eigenvalue weighted by Gasteiger charge is -2.33. The van der Waals surface area contributed by atoms with Crippen LogP contribution in [0.2, 0.25) is 0 Å². The lowest BCUT2D eigenvalue weighted by molar-refractivity contribution is 0.184.